The first kappa shape index (κ1) is 33.0. The van der Waals surface area contributed by atoms with Gasteiger partial charge in [-0.15, -0.1) is 22.7 Å². The van der Waals surface area contributed by atoms with Crippen molar-refractivity contribution in [3.05, 3.63) is 131 Å². The smallest absolute Gasteiger partial charge is 0.417 e. The fraction of sp³-hybridized carbons (Fsp3) is 0.167. The third kappa shape index (κ3) is 7.02. The van der Waals surface area contributed by atoms with Gasteiger partial charge in [-0.3, -0.25) is 11.5 Å². The second-order valence-corrected chi connectivity index (χ2v) is 12.7. The van der Waals surface area contributed by atoms with E-state index in [4.69, 9.17) is 30.4 Å². The highest BCUT2D eigenvalue weighted by Gasteiger charge is 2.34. The lowest BCUT2D eigenvalue weighted by Gasteiger charge is -2.31. The summed E-state index contributed by atoms with van der Waals surface area (Å²) in [6.07, 6.45) is -0.0776. The molecular weight excluding hydrogens is 659 g/mol. The van der Waals surface area contributed by atoms with Crippen LogP contribution in [0.4, 0.5) is 8.78 Å². The Labute approximate surface area is 282 Å². The van der Waals surface area contributed by atoms with E-state index >= 15 is 0 Å². The molecule has 12 heteroatoms. The molecular formula is C36H30F2N2O6S2. The minimum atomic E-state index is -1.49. The lowest BCUT2D eigenvalue weighted by molar-refractivity contribution is -0.169. The average molecular weight is 689 g/mol. The van der Waals surface area contributed by atoms with Gasteiger partial charge in [-0.2, -0.15) is 0 Å². The normalized spacial score (nSPS) is 13.8. The molecule has 246 valence electrons. The van der Waals surface area contributed by atoms with Crippen molar-refractivity contribution in [2.45, 2.75) is 24.3 Å². The SMILES string of the molecule is NC(CCOC(=O)C(=O)OCCC(N)(Oc1ccc(F)c2ccsc12)c1ccccc1)(Oc1ccc(F)c2ccsc12)c1ccccc1. The second-order valence-electron chi connectivity index (χ2n) is 10.9. The molecule has 0 aliphatic rings. The first-order chi connectivity index (χ1) is 23.2. The molecule has 8 nitrogen and oxygen atoms in total. The van der Waals surface area contributed by atoms with E-state index in [9.17, 15) is 18.4 Å². The van der Waals surface area contributed by atoms with Crippen molar-refractivity contribution in [3.63, 3.8) is 0 Å². The molecule has 2 atom stereocenters. The number of ether oxygens (including phenoxy) is 4. The van der Waals surface area contributed by atoms with Crippen molar-refractivity contribution >= 4 is 54.8 Å². The molecule has 6 rings (SSSR count). The molecule has 2 unspecified atom stereocenters. The Bertz CT molecular complexity index is 1910. The summed E-state index contributed by atoms with van der Waals surface area (Å²) in [6.45, 7) is -0.577. The number of carbonyl (C=O) groups is 2. The fourth-order valence-electron chi connectivity index (χ4n) is 5.22. The van der Waals surface area contributed by atoms with Crippen LogP contribution in [0.15, 0.2) is 108 Å². The van der Waals surface area contributed by atoms with E-state index in [1.54, 1.807) is 71.4 Å². The largest absolute Gasteiger partial charge is 0.467 e. The van der Waals surface area contributed by atoms with Gasteiger partial charge >= 0.3 is 11.9 Å². The monoisotopic (exact) mass is 688 g/mol. The van der Waals surface area contributed by atoms with Crippen molar-refractivity contribution in [1.29, 1.82) is 0 Å². The third-order valence-electron chi connectivity index (χ3n) is 7.74. The second kappa shape index (κ2) is 14.1. The standard InChI is InChI=1S/C36H30F2N2O6S2/c37-27-11-13-29(31-25(27)15-21-47-31)45-35(39,23-7-3-1-4-8-23)17-19-43-33(41)34(42)44-20-18-36(40,24-9-5-2-6-10-24)46-30-14-12-28(38)26-16-22-48-32(26)30/h1-16,21-22H,17-20,39-40H2. The summed E-state index contributed by atoms with van der Waals surface area (Å²) in [6, 6.07) is 26.7. The van der Waals surface area contributed by atoms with Crippen molar-refractivity contribution in [2.75, 3.05) is 13.2 Å². The highest BCUT2D eigenvalue weighted by molar-refractivity contribution is 7.17. The molecule has 0 amide bonds. The minimum Gasteiger partial charge on any atom is -0.467 e. The van der Waals surface area contributed by atoms with Crippen LogP contribution in [0.3, 0.4) is 0 Å². The molecule has 0 radical (unpaired) electrons. The van der Waals surface area contributed by atoms with Gasteiger partial charge in [-0.05, 0) is 47.2 Å². The van der Waals surface area contributed by atoms with Gasteiger partial charge < -0.3 is 18.9 Å². The number of halogens is 2. The quantitative estimate of drug-likeness (QED) is 0.0778. The molecule has 2 heterocycles. The highest BCUT2D eigenvalue weighted by atomic mass is 32.1. The molecule has 0 bridgehead atoms. The Morgan fingerprint density at radius 1 is 0.583 bits per heavy atom. The van der Waals surface area contributed by atoms with Gasteiger partial charge in [-0.1, -0.05) is 60.7 Å². The lowest BCUT2D eigenvalue weighted by Crippen LogP contribution is -2.44. The summed E-state index contributed by atoms with van der Waals surface area (Å²) in [5.74, 6) is -2.49. The van der Waals surface area contributed by atoms with E-state index in [2.05, 4.69) is 0 Å². The Balaban J connectivity index is 1.09. The lowest BCUT2D eigenvalue weighted by atomic mass is 10.00. The molecule has 48 heavy (non-hydrogen) atoms. The van der Waals surface area contributed by atoms with Crippen molar-refractivity contribution in [1.82, 2.24) is 0 Å². The van der Waals surface area contributed by atoms with E-state index < -0.39 is 23.4 Å². The highest BCUT2D eigenvalue weighted by Crippen LogP contribution is 2.38. The van der Waals surface area contributed by atoms with E-state index in [1.165, 1.54) is 46.9 Å². The topological polar surface area (TPSA) is 123 Å². The molecule has 4 N–H and O–H groups in total. The third-order valence-corrected chi connectivity index (χ3v) is 9.60. The van der Waals surface area contributed by atoms with Crippen LogP contribution in [0.1, 0.15) is 24.0 Å². The van der Waals surface area contributed by atoms with Gasteiger partial charge in [0.2, 0.25) is 0 Å². The summed E-state index contributed by atoms with van der Waals surface area (Å²) in [5.41, 5.74) is 11.6. The maximum atomic E-state index is 14.3. The van der Waals surface area contributed by atoms with Crippen LogP contribution >= 0.6 is 22.7 Å². The number of thiophene rings is 2. The number of hydrogen-bond donors (Lipinski definition) is 2. The summed E-state index contributed by atoms with van der Waals surface area (Å²) < 4.78 is 52.7. The molecule has 0 spiro atoms. The first-order valence-corrected chi connectivity index (χ1v) is 16.6. The van der Waals surface area contributed by atoms with Gasteiger partial charge in [0.1, 0.15) is 23.1 Å². The number of esters is 2. The molecule has 0 aliphatic carbocycles. The molecule has 0 saturated heterocycles. The van der Waals surface area contributed by atoms with Gasteiger partial charge in [-0.25, -0.2) is 18.4 Å². The maximum Gasteiger partial charge on any atom is 0.417 e. The van der Waals surface area contributed by atoms with Crippen LogP contribution in [0.2, 0.25) is 0 Å². The van der Waals surface area contributed by atoms with E-state index in [-0.39, 0.29) is 37.7 Å². The number of carbonyl (C=O) groups excluding carboxylic acids is 2. The Kier molecular flexibility index (Phi) is 9.69. The number of hydrogen-bond acceptors (Lipinski definition) is 10. The van der Waals surface area contributed by atoms with Crippen LogP contribution in [0.5, 0.6) is 11.5 Å². The van der Waals surface area contributed by atoms with Gasteiger partial charge in [0.25, 0.3) is 0 Å². The number of rotatable bonds is 12. The number of nitrogens with two attached hydrogens (primary N) is 2. The van der Waals surface area contributed by atoms with Gasteiger partial charge in [0, 0.05) is 34.7 Å². The van der Waals surface area contributed by atoms with Crippen LogP contribution in [0, 0.1) is 11.6 Å². The average Bonchev–Trinajstić information content (AvgIpc) is 3.81. The Hall–Kier alpha value is -4.88. The van der Waals surface area contributed by atoms with Crippen LogP contribution < -0.4 is 20.9 Å². The zero-order valence-corrected chi connectivity index (χ0v) is 27.0. The predicted molar refractivity (Wildman–Crippen MR) is 181 cm³/mol. The summed E-state index contributed by atoms with van der Waals surface area (Å²) in [4.78, 5) is 25.3. The van der Waals surface area contributed by atoms with Crippen molar-refractivity contribution < 1.29 is 37.3 Å². The molecule has 0 saturated carbocycles. The van der Waals surface area contributed by atoms with Gasteiger partial charge in [0.15, 0.2) is 11.4 Å². The van der Waals surface area contributed by atoms with Crippen molar-refractivity contribution in [2.24, 2.45) is 11.5 Å². The summed E-state index contributed by atoms with van der Waals surface area (Å²) in [7, 11) is 0. The Morgan fingerprint density at radius 2 is 0.979 bits per heavy atom. The van der Waals surface area contributed by atoms with Crippen LogP contribution in [-0.4, -0.2) is 25.2 Å². The predicted octanol–water partition coefficient (Wildman–Crippen LogP) is 7.34. The van der Waals surface area contributed by atoms with E-state index in [1.807, 2.05) is 12.1 Å². The van der Waals surface area contributed by atoms with Crippen molar-refractivity contribution in [3.8, 4) is 11.5 Å². The molecule has 2 aromatic heterocycles. The fourth-order valence-corrected chi connectivity index (χ4v) is 6.93. The minimum absolute atomic E-state index is 0.0388. The number of fused-ring (bicyclic) bond motifs is 2. The summed E-state index contributed by atoms with van der Waals surface area (Å²) >= 11 is 2.61. The Morgan fingerprint density at radius 3 is 1.38 bits per heavy atom. The maximum absolute atomic E-state index is 14.3. The van der Waals surface area contributed by atoms with Gasteiger partial charge in [0.05, 0.1) is 22.6 Å². The molecule has 0 fully saturated rings. The zero-order valence-electron chi connectivity index (χ0n) is 25.4. The zero-order chi connectivity index (χ0) is 33.7. The molecule has 0 aliphatic heterocycles. The van der Waals surface area contributed by atoms with E-state index in [0.717, 1.165) is 0 Å². The van der Waals surface area contributed by atoms with Crippen LogP contribution in [0.25, 0.3) is 20.2 Å². The van der Waals surface area contributed by atoms with E-state index in [0.29, 0.717) is 42.8 Å². The first-order valence-electron chi connectivity index (χ1n) is 14.9. The molecule has 4 aromatic carbocycles. The van der Waals surface area contributed by atoms with Crippen LogP contribution in [-0.2, 0) is 30.5 Å². The summed E-state index contributed by atoms with van der Waals surface area (Å²) in [5, 5.41) is 4.30. The number of benzene rings is 4. The molecule has 6 aromatic rings.